The molecule has 0 unspecified atom stereocenters. The molecule has 0 fully saturated rings. The van der Waals surface area contributed by atoms with Gasteiger partial charge in [0, 0.05) is 33.4 Å². The average Bonchev–Trinajstić information content (AvgIpc) is 3.75. The third kappa shape index (κ3) is 6.59. The van der Waals surface area contributed by atoms with E-state index in [9.17, 15) is 0 Å². The molecule has 11 rings (SSSR count). The molecule has 0 aliphatic rings. The molecule has 0 N–H and O–H groups in total. The van der Waals surface area contributed by atoms with Crippen molar-refractivity contribution in [3.8, 4) is 33.4 Å². The first-order valence-corrected chi connectivity index (χ1v) is 20.8. The molecule has 3 nitrogen and oxygen atoms in total. The maximum Gasteiger partial charge on any atom is 0.161 e. The molecule has 0 saturated heterocycles. The van der Waals surface area contributed by atoms with E-state index in [1.165, 1.54) is 16.7 Å². The summed E-state index contributed by atoms with van der Waals surface area (Å²) in [5.41, 5.74) is 14.8. The number of benzene rings is 10. The third-order valence-corrected chi connectivity index (χ3v) is 11.7. The van der Waals surface area contributed by atoms with Gasteiger partial charge in [-0.25, -0.2) is 0 Å². The van der Waals surface area contributed by atoms with Crippen LogP contribution in [0, 0.1) is 0 Å². The normalized spacial score (nSPS) is 11.3. The van der Waals surface area contributed by atoms with E-state index in [1.807, 2.05) is 0 Å². The van der Waals surface area contributed by atoms with Crippen LogP contribution in [0.3, 0.4) is 0 Å². The van der Waals surface area contributed by atoms with E-state index in [-0.39, 0.29) is 0 Å². The van der Waals surface area contributed by atoms with Gasteiger partial charge in [0.15, 0.2) is 5.58 Å². The average molecular weight is 781 g/mol. The topological polar surface area (TPSA) is 19.6 Å². The van der Waals surface area contributed by atoms with Crippen LogP contribution in [0.15, 0.2) is 247 Å². The second-order valence-corrected chi connectivity index (χ2v) is 15.3. The van der Waals surface area contributed by atoms with Crippen molar-refractivity contribution < 1.29 is 4.42 Å². The molecule has 3 heteroatoms. The minimum atomic E-state index is 0.806. The minimum absolute atomic E-state index is 0.806. The maximum atomic E-state index is 7.33. The van der Waals surface area contributed by atoms with Crippen LogP contribution < -0.4 is 9.80 Å². The summed E-state index contributed by atoms with van der Waals surface area (Å²) in [5.74, 6) is 0. The van der Waals surface area contributed by atoms with Crippen molar-refractivity contribution in [2.24, 2.45) is 0 Å². The molecular weight excluding hydrogens is 741 g/mol. The molecule has 61 heavy (non-hydrogen) atoms. The van der Waals surface area contributed by atoms with E-state index < -0.39 is 0 Å². The van der Waals surface area contributed by atoms with E-state index in [0.717, 1.165) is 83.5 Å². The highest BCUT2D eigenvalue weighted by Gasteiger charge is 2.27. The molecule has 288 valence electrons. The summed E-state index contributed by atoms with van der Waals surface area (Å²) in [6, 6.07) is 86.3. The lowest BCUT2D eigenvalue weighted by Gasteiger charge is -2.30. The summed E-state index contributed by atoms with van der Waals surface area (Å²) in [7, 11) is 0. The Balaban J connectivity index is 1.19. The largest absolute Gasteiger partial charge is 0.453 e. The first-order chi connectivity index (χ1) is 30.3. The van der Waals surface area contributed by atoms with Crippen molar-refractivity contribution in [2.45, 2.75) is 0 Å². The van der Waals surface area contributed by atoms with Gasteiger partial charge in [0.2, 0.25) is 0 Å². The summed E-state index contributed by atoms with van der Waals surface area (Å²) in [6.45, 7) is 0. The van der Waals surface area contributed by atoms with Crippen molar-refractivity contribution >= 4 is 66.8 Å². The maximum absolute atomic E-state index is 7.33. The zero-order valence-corrected chi connectivity index (χ0v) is 33.4. The molecule has 1 heterocycles. The highest BCUT2D eigenvalue weighted by molar-refractivity contribution is 6.22. The molecule has 0 radical (unpaired) electrons. The van der Waals surface area contributed by atoms with Crippen molar-refractivity contribution in [1.29, 1.82) is 0 Å². The molecule has 0 aliphatic heterocycles. The third-order valence-electron chi connectivity index (χ3n) is 11.7. The van der Waals surface area contributed by atoms with Gasteiger partial charge >= 0.3 is 0 Å². The van der Waals surface area contributed by atoms with Crippen LogP contribution in [0.25, 0.3) is 66.1 Å². The lowest BCUT2D eigenvalue weighted by Crippen LogP contribution is -2.13. The predicted molar refractivity (Wildman–Crippen MR) is 257 cm³/mol. The lowest BCUT2D eigenvalue weighted by molar-refractivity contribution is 0.673. The Labute approximate surface area is 355 Å². The zero-order chi connectivity index (χ0) is 40.5. The van der Waals surface area contributed by atoms with Crippen LogP contribution in [0.1, 0.15) is 0 Å². The van der Waals surface area contributed by atoms with Gasteiger partial charge in [-0.15, -0.1) is 0 Å². The number of furan rings is 1. The smallest absolute Gasteiger partial charge is 0.161 e. The monoisotopic (exact) mass is 780 g/mol. The SMILES string of the molecule is c1ccc(-c2ccc(N(c3ccccc3-c3ccccc3)c3ccc(N(c4ccccc4)c4ccc(-c5ccccc5)cc4)c4c3oc3c5ccccc5ccc34)cc2)cc1. The number of nitrogens with zero attached hydrogens (tertiary/aromatic N) is 2. The highest BCUT2D eigenvalue weighted by atomic mass is 16.3. The number of rotatable bonds is 9. The standard InChI is InChI=1S/C58H40N2O/c1-5-17-41(18-6-1)43-29-34-48(35-30-43)59(47-24-11-4-12-25-47)54-39-40-55(58-56(54)52-38-33-46-23-13-14-27-51(46)57(52)61-58)60(49-36-31-44(32-37-49)42-19-7-2-8-20-42)53-28-16-15-26-50(53)45-21-9-3-10-22-45/h1-40H. The van der Waals surface area contributed by atoms with Gasteiger partial charge < -0.3 is 14.2 Å². The fourth-order valence-corrected chi connectivity index (χ4v) is 8.75. The summed E-state index contributed by atoms with van der Waals surface area (Å²) in [6.07, 6.45) is 0. The number of para-hydroxylation sites is 2. The summed E-state index contributed by atoms with van der Waals surface area (Å²) in [4.78, 5) is 4.73. The predicted octanol–water partition coefficient (Wildman–Crippen LogP) is 16.7. The van der Waals surface area contributed by atoms with E-state index in [0.29, 0.717) is 0 Å². The molecule has 10 aromatic carbocycles. The molecule has 0 atom stereocenters. The number of anilines is 6. The van der Waals surface area contributed by atoms with Gasteiger partial charge in [-0.05, 0) is 93.9 Å². The van der Waals surface area contributed by atoms with E-state index in [2.05, 4.69) is 252 Å². The fourth-order valence-electron chi connectivity index (χ4n) is 8.75. The van der Waals surface area contributed by atoms with E-state index >= 15 is 0 Å². The lowest BCUT2D eigenvalue weighted by atomic mass is 9.99. The first kappa shape index (κ1) is 36.0. The zero-order valence-electron chi connectivity index (χ0n) is 33.4. The Kier molecular flexibility index (Phi) is 9.18. The molecular formula is C58H40N2O. The Hall–Kier alpha value is -8.14. The van der Waals surface area contributed by atoms with Gasteiger partial charge in [-0.2, -0.15) is 0 Å². The quantitative estimate of drug-likeness (QED) is 0.145. The molecule has 1 aromatic heterocycles. The summed E-state index contributed by atoms with van der Waals surface area (Å²) < 4.78 is 7.33. The van der Waals surface area contributed by atoms with E-state index in [1.54, 1.807) is 0 Å². The van der Waals surface area contributed by atoms with Crippen molar-refractivity contribution in [2.75, 3.05) is 9.80 Å². The van der Waals surface area contributed by atoms with Gasteiger partial charge in [0.25, 0.3) is 0 Å². The van der Waals surface area contributed by atoms with Gasteiger partial charge in [0.05, 0.1) is 22.4 Å². The van der Waals surface area contributed by atoms with Crippen molar-refractivity contribution in [1.82, 2.24) is 0 Å². The molecule has 0 aliphatic carbocycles. The van der Waals surface area contributed by atoms with Gasteiger partial charge in [-0.1, -0.05) is 182 Å². The summed E-state index contributed by atoms with van der Waals surface area (Å²) in [5, 5.41) is 4.31. The highest BCUT2D eigenvalue weighted by Crippen LogP contribution is 2.51. The van der Waals surface area contributed by atoms with Crippen LogP contribution in [0.2, 0.25) is 0 Å². The molecule has 0 saturated carbocycles. The van der Waals surface area contributed by atoms with Crippen LogP contribution in [0.4, 0.5) is 34.1 Å². The molecule has 0 bridgehead atoms. The molecule has 0 spiro atoms. The number of hydrogen-bond donors (Lipinski definition) is 0. The Morgan fingerprint density at radius 2 is 0.738 bits per heavy atom. The van der Waals surface area contributed by atoms with Crippen molar-refractivity contribution in [3.63, 3.8) is 0 Å². The number of fused-ring (bicyclic) bond motifs is 5. The molecule has 0 amide bonds. The second-order valence-electron chi connectivity index (χ2n) is 15.3. The Morgan fingerprint density at radius 1 is 0.262 bits per heavy atom. The summed E-state index contributed by atoms with van der Waals surface area (Å²) >= 11 is 0. The van der Waals surface area contributed by atoms with Crippen LogP contribution >= 0.6 is 0 Å². The first-order valence-electron chi connectivity index (χ1n) is 20.8. The minimum Gasteiger partial charge on any atom is -0.453 e. The number of hydrogen-bond acceptors (Lipinski definition) is 3. The van der Waals surface area contributed by atoms with Gasteiger partial charge in [-0.3, -0.25) is 0 Å². The Morgan fingerprint density at radius 3 is 1.38 bits per heavy atom. The van der Waals surface area contributed by atoms with Crippen LogP contribution in [-0.2, 0) is 0 Å². The van der Waals surface area contributed by atoms with Crippen molar-refractivity contribution in [3.05, 3.63) is 243 Å². The van der Waals surface area contributed by atoms with Crippen LogP contribution in [0.5, 0.6) is 0 Å². The fraction of sp³-hybridized carbons (Fsp3) is 0. The molecule has 11 aromatic rings. The Bertz CT molecular complexity index is 3270. The van der Waals surface area contributed by atoms with E-state index in [4.69, 9.17) is 4.42 Å². The second kappa shape index (κ2) is 15.6. The van der Waals surface area contributed by atoms with Gasteiger partial charge in [0.1, 0.15) is 5.58 Å². The van der Waals surface area contributed by atoms with Crippen LogP contribution in [-0.4, -0.2) is 0 Å².